The summed E-state index contributed by atoms with van der Waals surface area (Å²) in [5, 5.41) is 3.38. The number of nitrogens with zero attached hydrogens (tertiary/aromatic N) is 1. The minimum Gasteiger partial charge on any atom is -0.452 e. The number of carbonyl (C=O) groups is 2. The molecule has 2 aromatic carbocycles. The van der Waals surface area contributed by atoms with Gasteiger partial charge in [-0.05, 0) is 30.7 Å². The van der Waals surface area contributed by atoms with E-state index in [-0.39, 0.29) is 12.5 Å². The van der Waals surface area contributed by atoms with Crippen molar-refractivity contribution in [1.29, 1.82) is 0 Å². The molecule has 0 spiro atoms. The maximum atomic E-state index is 12.7. The van der Waals surface area contributed by atoms with Crippen LogP contribution in [0.4, 0.5) is 11.4 Å². The molecule has 1 amide bonds. The number of thioether (sulfide) groups is 1. The van der Waals surface area contributed by atoms with Gasteiger partial charge in [0, 0.05) is 29.4 Å². The van der Waals surface area contributed by atoms with E-state index in [1.165, 1.54) is 0 Å². The van der Waals surface area contributed by atoms with Crippen LogP contribution in [0.2, 0.25) is 0 Å². The van der Waals surface area contributed by atoms with Crippen molar-refractivity contribution in [2.24, 2.45) is 0 Å². The molecule has 3 rings (SSSR count). The minimum absolute atomic E-state index is 0.206. The van der Waals surface area contributed by atoms with E-state index in [1.807, 2.05) is 30.3 Å². The minimum atomic E-state index is -0.505. The smallest absolute Gasteiger partial charge is 0.340 e. The molecule has 1 N–H and O–H groups in total. The summed E-state index contributed by atoms with van der Waals surface area (Å²) in [5.41, 5.74) is 1.98. The number of amides is 1. The number of anilines is 2. The highest BCUT2D eigenvalue weighted by molar-refractivity contribution is 8.00. The van der Waals surface area contributed by atoms with Gasteiger partial charge in [0.2, 0.25) is 0 Å². The lowest BCUT2D eigenvalue weighted by molar-refractivity contribution is -0.121. The van der Waals surface area contributed by atoms with Crippen LogP contribution in [0.25, 0.3) is 0 Å². The Hall–Kier alpha value is -2.47. The number of hydrogen-bond acceptors (Lipinski definition) is 5. The van der Waals surface area contributed by atoms with Gasteiger partial charge in [-0.2, -0.15) is 0 Å². The Kier molecular flexibility index (Phi) is 5.83. The van der Waals surface area contributed by atoms with Crippen molar-refractivity contribution in [1.82, 2.24) is 0 Å². The van der Waals surface area contributed by atoms with Gasteiger partial charge >= 0.3 is 5.97 Å². The second-order valence-electron chi connectivity index (χ2n) is 6.10. The molecule has 0 aliphatic carbocycles. The molecule has 0 unspecified atom stereocenters. The molecule has 136 valence electrons. The van der Waals surface area contributed by atoms with Gasteiger partial charge in [0.15, 0.2) is 6.61 Å². The highest BCUT2D eigenvalue weighted by atomic mass is 32.2. The second kappa shape index (κ2) is 8.27. The Balaban J connectivity index is 1.71. The van der Waals surface area contributed by atoms with Gasteiger partial charge in [-0.15, -0.1) is 11.8 Å². The van der Waals surface area contributed by atoms with Gasteiger partial charge in [-0.25, -0.2) is 4.79 Å². The first kappa shape index (κ1) is 18.3. The number of esters is 1. The number of benzene rings is 2. The van der Waals surface area contributed by atoms with Gasteiger partial charge in [0.1, 0.15) is 0 Å². The molecule has 26 heavy (non-hydrogen) atoms. The van der Waals surface area contributed by atoms with Crippen LogP contribution < -0.4 is 10.2 Å². The molecule has 1 atom stereocenters. The molecule has 5 nitrogen and oxygen atoms in total. The number of hydrogen-bond donors (Lipinski definition) is 1. The van der Waals surface area contributed by atoms with Gasteiger partial charge in [0.25, 0.3) is 5.91 Å². The van der Waals surface area contributed by atoms with Crippen molar-refractivity contribution >= 4 is 35.0 Å². The van der Waals surface area contributed by atoms with Crippen molar-refractivity contribution in [2.75, 3.05) is 30.4 Å². The molecule has 0 bridgehead atoms. The normalized spacial score (nSPS) is 16.4. The van der Waals surface area contributed by atoms with Gasteiger partial charge < -0.3 is 15.0 Å². The van der Waals surface area contributed by atoms with Gasteiger partial charge in [0.05, 0.1) is 11.3 Å². The van der Waals surface area contributed by atoms with Crippen molar-refractivity contribution in [3.63, 3.8) is 0 Å². The topological polar surface area (TPSA) is 58.6 Å². The Bertz CT molecular complexity index is 809. The number of para-hydroxylation sites is 2. The Morgan fingerprint density at radius 1 is 1.19 bits per heavy atom. The summed E-state index contributed by atoms with van der Waals surface area (Å²) in [5.74, 6) is -0.711. The molecule has 0 radical (unpaired) electrons. The summed E-state index contributed by atoms with van der Waals surface area (Å²) in [6.45, 7) is 2.50. The monoisotopic (exact) mass is 370 g/mol. The molecular weight excluding hydrogens is 348 g/mol. The van der Waals surface area contributed by atoms with E-state index in [0.29, 0.717) is 23.0 Å². The van der Waals surface area contributed by atoms with Crippen LogP contribution in [0.1, 0.15) is 23.7 Å². The number of rotatable bonds is 4. The lowest BCUT2D eigenvalue weighted by atomic mass is 10.2. The zero-order valence-corrected chi connectivity index (χ0v) is 15.7. The van der Waals surface area contributed by atoms with E-state index in [0.717, 1.165) is 17.0 Å². The molecular formula is C20H22N2O3S. The van der Waals surface area contributed by atoms with Crippen LogP contribution in [0.3, 0.4) is 0 Å². The zero-order valence-electron chi connectivity index (χ0n) is 14.9. The first-order valence-corrected chi connectivity index (χ1v) is 9.48. The average molecular weight is 370 g/mol. The maximum absolute atomic E-state index is 12.7. The fraction of sp³-hybridized carbons (Fsp3) is 0.300. The van der Waals surface area contributed by atoms with Crippen LogP contribution in [0.5, 0.6) is 0 Å². The molecule has 0 aromatic heterocycles. The fourth-order valence-corrected chi connectivity index (χ4v) is 4.02. The lowest BCUT2D eigenvalue weighted by Gasteiger charge is -2.22. The summed E-state index contributed by atoms with van der Waals surface area (Å²) in [6.07, 6.45) is 0.890. The lowest BCUT2D eigenvalue weighted by Crippen LogP contribution is -2.35. The van der Waals surface area contributed by atoms with Crippen LogP contribution >= 0.6 is 11.8 Å². The maximum Gasteiger partial charge on any atom is 0.340 e. The third kappa shape index (κ3) is 4.02. The summed E-state index contributed by atoms with van der Waals surface area (Å²) in [4.78, 5) is 27.9. The molecule has 0 saturated carbocycles. The second-order valence-corrected chi connectivity index (χ2v) is 7.58. The largest absolute Gasteiger partial charge is 0.452 e. The van der Waals surface area contributed by atoms with E-state index < -0.39 is 5.97 Å². The molecule has 6 heteroatoms. The first-order valence-electron chi connectivity index (χ1n) is 8.60. The molecule has 1 aliphatic rings. The van der Waals surface area contributed by atoms with Crippen LogP contribution in [-0.2, 0) is 9.53 Å². The Labute approximate surface area is 157 Å². The van der Waals surface area contributed by atoms with Crippen LogP contribution in [0, 0.1) is 0 Å². The first-order chi connectivity index (χ1) is 12.6. The molecule has 1 heterocycles. The number of nitrogens with one attached hydrogen (secondary N) is 1. The standard InChI is InChI=1S/C20H22N2O3S/c1-14-11-12-22(17-9-5-6-10-18(17)26-14)19(23)13-25-20(24)15-7-3-4-8-16(15)21-2/h3-10,14,21H,11-13H2,1-2H3/t14-/m1/s1. The zero-order chi connectivity index (χ0) is 18.5. The molecule has 1 aliphatic heterocycles. The van der Waals surface area contributed by atoms with Crippen molar-refractivity contribution in [3.05, 3.63) is 54.1 Å². The summed E-state index contributed by atoms with van der Waals surface area (Å²) in [7, 11) is 1.74. The van der Waals surface area contributed by atoms with Crippen molar-refractivity contribution < 1.29 is 14.3 Å². The van der Waals surface area contributed by atoms with Crippen molar-refractivity contribution in [3.8, 4) is 0 Å². The van der Waals surface area contributed by atoms with E-state index in [4.69, 9.17) is 4.74 Å². The Morgan fingerprint density at radius 3 is 2.73 bits per heavy atom. The number of carbonyl (C=O) groups excluding carboxylic acids is 2. The number of ether oxygens (including phenoxy) is 1. The predicted molar refractivity (Wildman–Crippen MR) is 105 cm³/mol. The molecule has 2 aromatic rings. The van der Waals surface area contributed by atoms with Crippen LogP contribution in [0.15, 0.2) is 53.4 Å². The van der Waals surface area contributed by atoms with E-state index in [9.17, 15) is 9.59 Å². The highest BCUT2D eigenvalue weighted by Crippen LogP contribution is 2.37. The van der Waals surface area contributed by atoms with E-state index >= 15 is 0 Å². The quantitative estimate of drug-likeness (QED) is 0.830. The fourth-order valence-electron chi connectivity index (χ4n) is 2.91. The molecule has 0 saturated heterocycles. The summed E-state index contributed by atoms with van der Waals surface area (Å²) >= 11 is 1.77. The third-order valence-corrected chi connectivity index (χ3v) is 5.52. The Morgan fingerprint density at radius 2 is 1.92 bits per heavy atom. The predicted octanol–water partition coefficient (Wildman–Crippen LogP) is 3.80. The SMILES string of the molecule is CNc1ccccc1C(=O)OCC(=O)N1CC[C@@H](C)Sc2ccccc21. The molecule has 0 fully saturated rings. The van der Waals surface area contributed by atoms with Gasteiger partial charge in [-0.3, -0.25) is 4.79 Å². The van der Waals surface area contributed by atoms with Gasteiger partial charge in [-0.1, -0.05) is 31.2 Å². The van der Waals surface area contributed by atoms with Crippen LogP contribution in [-0.4, -0.2) is 37.3 Å². The third-order valence-electron chi connectivity index (χ3n) is 4.29. The highest BCUT2D eigenvalue weighted by Gasteiger charge is 2.25. The summed E-state index contributed by atoms with van der Waals surface area (Å²) < 4.78 is 5.29. The van der Waals surface area contributed by atoms with E-state index in [2.05, 4.69) is 12.2 Å². The van der Waals surface area contributed by atoms with E-state index in [1.54, 1.807) is 41.9 Å². The number of fused-ring (bicyclic) bond motifs is 1. The summed E-state index contributed by atoms with van der Waals surface area (Å²) in [6, 6.07) is 14.9. The van der Waals surface area contributed by atoms with Crippen molar-refractivity contribution in [2.45, 2.75) is 23.5 Å². The average Bonchev–Trinajstić information content (AvgIpc) is 2.84.